The lowest BCUT2D eigenvalue weighted by atomic mass is 9.91. The van der Waals surface area contributed by atoms with Crippen molar-refractivity contribution in [2.24, 2.45) is 17.6 Å². The molecular formula is C11H24F3NO3S. The van der Waals surface area contributed by atoms with Gasteiger partial charge in [0.1, 0.15) is 0 Å². The maximum Gasteiger partial charge on any atom is 0.522 e. The summed E-state index contributed by atoms with van der Waals surface area (Å²) in [5.74, 6) is 1.51. The van der Waals surface area contributed by atoms with E-state index in [9.17, 15) is 13.2 Å². The van der Waals surface area contributed by atoms with E-state index in [2.05, 4.69) is 20.8 Å². The average molecular weight is 307 g/mol. The standard InChI is InChI=1S/C10H23N.CHF3O3S/c1-4-5-6-7-9(2)10(3)8-11;2-1(3,4)8(5,6)7/h9-10H,4-8,11H2,1-3H3;(H,5,6,7). The van der Waals surface area contributed by atoms with Crippen LogP contribution in [0.15, 0.2) is 0 Å². The fourth-order valence-corrected chi connectivity index (χ4v) is 1.23. The molecule has 0 saturated heterocycles. The molecule has 8 heteroatoms. The van der Waals surface area contributed by atoms with E-state index in [0.29, 0.717) is 5.92 Å². The molecule has 19 heavy (non-hydrogen) atoms. The van der Waals surface area contributed by atoms with Crippen molar-refractivity contribution in [3.63, 3.8) is 0 Å². The summed E-state index contributed by atoms with van der Waals surface area (Å²) in [5, 5.41) is 0. The third-order valence-corrected chi connectivity index (χ3v) is 3.48. The molecular weight excluding hydrogens is 283 g/mol. The number of hydrogen-bond acceptors (Lipinski definition) is 3. The summed E-state index contributed by atoms with van der Waals surface area (Å²) in [6.45, 7) is 7.65. The molecule has 0 fully saturated rings. The van der Waals surface area contributed by atoms with Crippen LogP contribution in [0, 0.1) is 11.8 Å². The first-order chi connectivity index (χ1) is 8.47. The van der Waals surface area contributed by atoms with Gasteiger partial charge in [0.15, 0.2) is 0 Å². The van der Waals surface area contributed by atoms with E-state index in [0.717, 1.165) is 12.5 Å². The van der Waals surface area contributed by atoms with Crippen LogP contribution in [0.1, 0.15) is 46.5 Å². The summed E-state index contributed by atoms with van der Waals surface area (Å²) in [5.41, 5.74) is 0.0425. The second-order valence-corrected chi connectivity index (χ2v) is 6.02. The Bertz CT molecular complexity index is 318. The zero-order valence-electron chi connectivity index (χ0n) is 11.6. The van der Waals surface area contributed by atoms with Crippen molar-refractivity contribution in [3.8, 4) is 0 Å². The van der Waals surface area contributed by atoms with E-state index in [1.54, 1.807) is 0 Å². The molecule has 0 bridgehead atoms. The molecule has 4 nitrogen and oxygen atoms in total. The van der Waals surface area contributed by atoms with Gasteiger partial charge in [0, 0.05) is 0 Å². The molecule has 118 valence electrons. The van der Waals surface area contributed by atoms with Crippen LogP contribution in [0.25, 0.3) is 0 Å². The first kappa shape index (κ1) is 21.0. The molecule has 0 spiro atoms. The lowest BCUT2D eigenvalue weighted by Crippen LogP contribution is -2.21. The Morgan fingerprint density at radius 2 is 1.58 bits per heavy atom. The van der Waals surface area contributed by atoms with Crippen LogP contribution in [-0.4, -0.2) is 25.0 Å². The summed E-state index contributed by atoms with van der Waals surface area (Å²) >= 11 is 0. The van der Waals surface area contributed by atoms with E-state index >= 15 is 0 Å². The van der Waals surface area contributed by atoms with Gasteiger partial charge in [-0.15, -0.1) is 0 Å². The Morgan fingerprint density at radius 3 is 1.84 bits per heavy atom. The van der Waals surface area contributed by atoms with Gasteiger partial charge in [0.2, 0.25) is 0 Å². The minimum atomic E-state index is -5.84. The lowest BCUT2D eigenvalue weighted by Gasteiger charge is -2.17. The number of rotatable bonds is 6. The third-order valence-electron chi connectivity index (χ3n) is 2.90. The monoisotopic (exact) mass is 307 g/mol. The fraction of sp³-hybridized carbons (Fsp3) is 1.00. The van der Waals surface area contributed by atoms with Gasteiger partial charge in [-0.1, -0.05) is 46.5 Å². The molecule has 0 radical (unpaired) electrons. The minimum absolute atomic E-state index is 0.701. The normalized spacial score (nSPS) is 15.4. The lowest BCUT2D eigenvalue weighted by molar-refractivity contribution is -0.0510. The summed E-state index contributed by atoms with van der Waals surface area (Å²) in [4.78, 5) is 0. The Morgan fingerprint density at radius 1 is 1.16 bits per heavy atom. The summed E-state index contributed by atoms with van der Waals surface area (Å²) in [6.07, 6.45) is 5.43. The first-order valence-electron chi connectivity index (χ1n) is 6.21. The molecule has 0 heterocycles. The number of hydrogen-bond donors (Lipinski definition) is 2. The Hall–Kier alpha value is -0.340. The van der Waals surface area contributed by atoms with Crippen LogP contribution in [-0.2, 0) is 10.1 Å². The van der Waals surface area contributed by atoms with Crippen LogP contribution in [0.3, 0.4) is 0 Å². The van der Waals surface area contributed by atoms with Gasteiger partial charge >= 0.3 is 15.6 Å². The van der Waals surface area contributed by atoms with Crippen LogP contribution in [0.2, 0.25) is 0 Å². The topological polar surface area (TPSA) is 80.4 Å². The number of unbranched alkanes of at least 4 members (excludes halogenated alkanes) is 2. The van der Waals surface area contributed by atoms with Crippen molar-refractivity contribution in [2.45, 2.75) is 52.0 Å². The first-order valence-corrected chi connectivity index (χ1v) is 7.65. The van der Waals surface area contributed by atoms with Crippen LogP contribution in [0.5, 0.6) is 0 Å². The van der Waals surface area contributed by atoms with Crippen molar-refractivity contribution in [3.05, 3.63) is 0 Å². The van der Waals surface area contributed by atoms with Gasteiger partial charge in [0.25, 0.3) is 0 Å². The number of nitrogens with two attached hydrogens (primary N) is 1. The van der Waals surface area contributed by atoms with Crippen LogP contribution < -0.4 is 5.73 Å². The average Bonchev–Trinajstić information content (AvgIpc) is 2.26. The summed E-state index contributed by atoms with van der Waals surface area (Å²) in [7, 11) is -5.84. The zero-order valence-corrected chi connectivity index (χ0v) is 12.4. The van der Waals surface area contributed by atoms with Crippen molar-refractivity contribution in [2.75, 3.05) is 6.54 Å². The quantitative estimate of drug-likeness (QED) is 0.448. The molecule has 0 aliphatic heterocycles. The predicted octanol–water partition coefficient (Wildman–Crippen LogP) is 3.19. The van der Waals surface area contributed by atoms with E-state index in [4.69, 9.17) is 18.7 Å². The fourth-order valence-electron chi connectivity index (χ4n) is 1.23. The molecule has 0 amide bonds. The van der Waals surface area contributed by atoms with Crippen molar-refractivity contribution in [1.82, 2.24) is 0 Å². The largest absolute Gasteiger partial charge is 0.522 e. The van der Waals surface area contributed by atoms with Gasteiger partial charge < -0.3 is 5.73 Å². The minimum Gasteiger partial charge on any atom is -0.330 e. The van der Waals surface area contributed by atoms with Crippen LogP contribution >= 0.6 is 0 Å². The van der Waals surface area contributed by atoms with Gasteiger partial charge in [-0.2, -0.15) is 21.6 Å². The highest BCUT2D eigenvalue weighted by molar-refractivity contribution is 7.86. The second-order valence-electron chi connectivity index (χ2n) is 4.61. The molecule has 0 aromatic rings. The second kappa shape index (κ2) is 9.55. The molecule has 0 rings (SSSR count). The van der Waals surface area contributed by atoms with E-state index < -0.39 is 15.6 Å². The maximum atomic E-state index is 10.7. The van der Waals surface area contributed by atoms with Gasteiger partial charge in [-0.25, -0.2) is 0 Å². The molecule has 2 unspecified atom stereocenters. The molecule has 2 atom stereocenters. The Balaban J connectivity index is 0. The third kappa shape index (κ3) is 11.2. The number of halogens is 3. The van der Waals surface area contributed by atoms with Crippen molar-refractivity contribution >= 4 is 10.1 Å². The molecule has 0 aliphatic rings. The van der Waals surface area contributed by atoms with Gasteiger partial charge in [-0.05, 0) is 18.4 Å². The van der Waals surface area contributed by atoms with Crippen molar-refractivity contribution in [1.29, 1.82) is 0 Å². The van der Waals surface area contributed by atoms with Gasteiger partial charge in [0.05, 0.1) is 0 Å². The SMILES string of the molecule is CCCCCC(C)C(C)CN.O=S(=O)(O)C(F)(F)F. The van der Waals surface area contributed by atoms with E-state index in [-0.39, 0.29) is 0 Å². The Labute approximate surface area is 113 Å². The molecule has 3 N–H and O–H groups in total. The van der Waals surface area contributed by atoms with Gasteiger partial charge in [-0.3, -0.25) is 4.55 Å². The summed E-state index contributed by atoms with van der Waals surface area (Å²) in [6, 6.07) is 0. The summed E-state index contributed by atoms with van der Waals surface area (Å²) < 4.78 is 57.5. The number of alkyl halides is 3. The molecule has 0 aromatic heterocycles. The highest BCUT2D eigenvalue weighted by Crippen LogP contribution is 2.20. The van der Waals surface area contributed by atoms with Crippen LogP contribution in [0.4, 0.5) is 13.2 Å². The zero-order chi connectivity index (χ0) is 15.7. The maximum absolute atomic E-state index is 10.7. The van der Waals surface area contributed by atoms with E-state index in [1.165, 1.54) is 25.7 Å². The smallest absolute Gasteiger partial charge is 0.330 e. The predicted molar refractivity (Wildman–Crippen MR) is 69.1 cm³/mol. The molecule has 0 aromatic carbocycles. The van der Waals surface area contributed by atoms with E-state index in [1.807, 2.05) is 0 Å². The highest BCUT2D eigenvalue weighted by Gasteiger charge is 2.44. The van der Waals surface area contributed by atoms with Crippen molar-refractivity contribution < 1.29 is 26.1 Å². The Kier molecular flexibility index (Phi) is 10.5. The molecule has 0 aliphatic carbocycles. The molecule has 0 saturated carbocycles. The highest BCUT2D eigenvalue weighted by atomic mass is 32.2.